The molecule has 0 saturated heterocycles. The molecule has 0 aliphatic heterocycles. The molecule has 0 aromatic heterocycles. The molecule has 1 aromatic rings. The van der Waals surface area contributed by atoms with E-state index in [1.807, 2.05) is 45.0 Å². The van der Waals surface area contributed by atoms with Crippen LogP contribution in [0.15, 0.2) is 29.3 Å². The predicted octanol–water partition coefficient (Wildman–Crippen LogP) is 3.62. The molecule has 0 spiro atoms. The third-order valence-corrected chi connectivity index (χ3v) is 3.07. The van der Waals surface area contributed by atoms with Crippen molar-refractivity contribution < 1.29 is 17.9 Å². The fourth-order valence-electron chi connectivity index (χ4n) is 1.84. The smallest absolute Gasteiger partial charge is 0.374 e. The number of rotatable bonds is 8. The van der Waals surface area contributed by atoms with E-state index in [-0.39, 0.29) is 12.6 Å². The van der Waals surface area contributed by atoms with E-state index in [2.05, 4.69) is 15.6 Å². The van der Waals surface area contributed by atoms with Crippen molar-refractivity contribution in [2.75, 3.05) is 13.1 Å². The molecule has 1 rings (SSSR count). The fourth-order valence-corrected chi connectivity index (χ4v) is 1.84. The van der Waals surface area contributed by atoms with Crippen molar-refractivity contribution in [1.82, 2.24) is 10.6 Å². The van der Waals surface area contributed by atoms with Gasteiger partial charge in [-0.25, -0.2) is 4.99 Å². The number of nitrogens with zero attached hydrogens (tertiary/aromatic N) is 1. The maximum absolute atomic E-state index is 12.2. The Balaban J connectivity index is 2.52. The second kappa shape index (κ2) is 10.2. The van der Waals surface area contributed by atoms with E-state index in [1.165, 1.54) is 0 Å². The fraction of sp³-hybridized carbons (Fsp3) is 0.588. The summed E-state index contributed by atoms with van der Waals surface area (Å²) in [5.41, 5.74) is 2.06. The Labute approximate surface area is 141 Å². The van der Waals surface area contributed by atoms with Crippen LogP contribution in [-0.4, -0.2) is 31.3 Å². The van der Waals surface area contributed by atoms with E-state index in [4.69, 9.17) is 4.74 Å². The van der Waals surface area contributed by atoms with Crippen molar-refractivity contribution in [2.45, 2.75) is 52.6 Å². The van der Waals surface area contributed by atoms with E-state index in [9.17, 15) is 13.2 Å². The maximum atomic E-state index is 12.2. The molecule has 0 aliphatic carbocycles. The summed E-state index contributed by atoms with van der Waals surface area (Å²) in [6, 6.07) is 7.83. The largest absolute Gasteiger partial charge is 0.390 e. The van der Waals surface area contributed by atoms with Crippen molar-refractivity contribution in [3.05, 3.63) is 35.4 Å². The molecule has 0 radical (unpaired) electrons. The second-order valence-electron chi connectivity index (χ2n) is 5.66. The molecule has 24 heavy (non-hydrogen) atoms. The zero-order valence-corrected chi connectivity index (χ0v) is 14.4. The first-order valence-corrected chi connectivity index (χ1v) is 8.08. The topological polar surface area (TPSA) is 45.7 Å². The molecule has 7 heteroatoms. The second-order valence-corrected chi connectivity index (χ2v) is 5.66. The summed E-state index contributed by atoms with van der Waals surface area (Å²) in [5.74, 6) is 0.383. The van der Waals surface area contributed by atoms with Crippen molar-refractivity contribution in [3.63, 3.8) is 0 Å². The first kappa shape index (κ1) is 20.3. The highest BCUT2D eigenvalue weighted by Crippen LogP contribution is 2.18. The van der Waals surface area contributed by atoms with Crippen LogP contribution in [0.3, 0.4) is 0 Å². The van der Waals surface area contributed by atoms with Gasteiger partial charge in [-0.1, -0.05) is 24.3 Å². The van der Waals surface area contributed by atoms with E-state index in [1.54, 1.807) is 0 Å². The lowest BCUT2D eigenvalue weighted by molar-refractivity contribution is -0.132. The van der Waals surface area contributed by atoms with Gasteiger partial charge in [0.25, 0.3) is 0 Å². The minimum Gasteiger partial charge on any atom is -0.374 e. The molecule has 0 saturated carbocycles. The molecule has 0 bridgehead atoms. The Kier molecular flexibility index (Phi) is 8.60. The maximum Gasteiger partial charge on any atom is 0.390 e. The van der Waals surface area contributed by atoms with E-state index in [0.29, 0.717) is 25.7 Å². The van der Waals surface area contributed by atoms with E-state index >= 15 is 0 Å². The predicted molar refractivity (Wildman–Crippen MR) is 89.9 cm³/mol. The lowest BCUT2D eigenvalue weighted by atomic mass is 10.1. The summed E-state index contributed by atoms with van der Waals surface area (Å²) in [7, 11) is 0. The molecular weight excluding hydrogens is 319 g/mol. The van der Waals surface area contributed by atoms with Crippen molar-refractivity contribution in [1.29, 1.82) is 0 Å². The van der Waals surface area contributed by atoms with Crippen LogP contribution in [0.1, 0.15) is 38.3 Å². The van der Waals surface area contributed by atoms with Crippen molar-refractivity contribution >= 4 is 5.96 Å². The third kappa shape index (κ3) is 9.39. The van der Waals surface area contributed by atoms with Crippen LogP contribution in [-0.2, 0) is 17.9 Å². The van der Waals surface area contributed by atoms with Gasteiger partial charge in [-0.05, 0) is 31.9 Å². The number of hydrogen-bond donors (Lipinski definition) is 2. The SMILES string of the molecule is CCNC(=NCc1ccc(COC(C)C)cc1)NCCC(F)(F)F. The number of hydrogen-bond acceptors (Lipinski definition) is 2. The number of alkyl halides is 3. The molecule has 1 aromatic carbocycles. The number of benzene rings is 1. The number of guanidine groups is 1. The normalized spacial score (nSPS) is 12.5. The Morgan fingerprint density at radius 1 is 1.12 bits per heavy atom. The molecule has 0 aliphatic rings. The first-order chi connectivity index (χ1) is 11.3. The average Bonchev–Trinajstić information content (AvgIpc) is 2.50. The van der Waals surface area contributed by atoms with Crippen LogP contribution in [0, 0.1) is 0 Å². The summed E-state index contributed by atoms with van der Waals surface area (Å²) in [4.78, 5) is 4.30. The van der Waals surface area contributed by atoms with E-state index < -0.39 is 12.6 Å². The Bertz CT molecular complexity index is 499. The summed E-state index contributed by atoms with van der Waals surface area (Å²) in [6.45, 7) is 7.18. The summed E-state index contributed by atoms with van der Waals surface area (Å²) in [6.07, 6.45) is -4.88. The highest BCUT2D eigenvalue weighted by molar-refractivity contribution is 5.79. The molecule has 0 heterocycles. The standard InChI is InChI=1S/C17H26F3N3O/c1-4-21-16(22-10-9-17(18,19)20)23-11-14-5-7-15(8-6-14)12-24-13(2)3/h5-8,13H,4,9-12H2,1-3H3,(H2,21,22,23). The quantitative estimate of drug-likeness (QED) is 0.559. The van der Waals surface area contributed by atoms with Crippen LogP contribution < -0.4 is 10.6 Å². The zero-order chi connectivity index (χ0) is 18.0. The number of ether oxygens (including phenoxy) is 1. The minimum absolute atomic E-state index is 0.180. The molecule has 136 valence electrons. The summed E-state index contributed by atoms with van der Waals surface area (Å²) < 4.78 is 42.1. The van der Waals surface area contributed by atoms with Gasteiger partial charge >= 0.3 is 6.18 Å². The third-order valence-electron chi connectivity index (χ3n) is 3.07. The molecular formula is C17H26F3N3O. The van der Waals surface area contributed by atoms with Gasteiger partial charge in [0.15, 0.2) is 5.96 Å². The van der Waals surface area contributed by atoms with Gasteiger partial charge in [0.1, 0.15) is 0 Å². The molecule has 0 amide bonds. The van der Waals surface area contributed by atoms with Gasteiger partial charge < -0.3 is 15.4 Å². The first-order valence-electron chi connectivity index (χ1n) is 8.08. The van der Waals surface area contributed by atoms with Crippen molar-refractivity contribution in [2.24, 2.45) is 4.99 Å². The molecule has 0 unspecified atom stereocenters. The Morgan fingerprint density at radius 3 is 2.29 bits per heavy atom. The number of nitrogens with one attached hydrogen (secondary N) is 2. The molecule has 0 atom stereocenters. The lowest BCUT2D eigenvalue weighted by Gasteiger charge is -2.12. The minimum atomic E-state index is -4.17. The summed E-state index contributed by atoms with van der Waals surface area (Å²) >= 11 is 0. The summed E-state index contributed by atoms with van der Waals surface area (Å²) in [5, 5.41) is 5.63. The van der Waals surface area contributed by atoms with Crippen LogP contribution in [0.4, 0.5) is 13.2 Å². The van der Waals surface area contributed by atoms with Crippen LogP contribution in [0.5, 0.6) is 0 Å². The highest BCUT2D eigenvalue weighted by atomic mass is 19.4. The van der Waals surface area contributed by atoms with Crippen LogP contribution in [0.25, 0.3) is 0 Å². The Hall–Kier alpha value is -1.76. The van der Waals surface area contributed by atoms with Crippen molar-refractivity contribution in [3.8, 4) is 0 Å². The van der Waals surface area contributed by atoms with Gasteiger partial charge in [0, 0.05) is 13.1 Å². The zero-order valence-electron chi connectivity index (χ0n) is 14.4. The highest BCUT2D eigenvalue weighted by Gasteiger charge is 2.26. The average molecular weight is 345 g/mol. The van der Waals surface area contributed by atoms with Gasteiger partial charge in [-0.2, -0.15) is 13.2 Å². The van der Waals surface area contributed by atoms with Gasteiger partial charge in [0.05, 0.1) is 25.7 Å². The van der Waals surface area contributed by atoms with Gasteiger partial charge in [0.2, 0.25) is 0 Å². The van der Waals surface area contributed by atoms with E-state index in [0.717, 1.165) is 11.1 Å². The Morgan fingerprint density at radius 2 is 1.75 bits per heavy atom. The van der Waals surface area contributed by atoms with Gasteiger partial charge in [-0.3, -0.25) is 0 Å². The molecule has 2 N–H and O–H groups in total. The number of halogens is 3. The van der Waals surface area contributed by atoms with Crippen LogP contribution >= 0.6 is 0 Å². The monoisotopic (exact) mass is 345 g/mol. The van der Waals surface area contributed by atoms with Gasteiger partial charge in [-0.15, -0.1) is 0 Å². The lowest BCUT2D eigenvalue weighted by Crippen LogP contribution is -2.38. The molecule has 4 nitrogen and oxygen atoms in total. The van der Waals surface area contributed by atoms with Crippen LogP contribution in [0.2, 0.25) is 0 Å². The number of aliphatic imine (C=N–C) groups is 1. The molecule has 0 fully saturated rings.